The molecule has 4 nitrogen and oxygen atoms in total. The van der Waals surface area contributed by atoms with E-state index in [1.54, 1.807) is 7.11 Å². The third-order valence-corrected chi connectivity index (χ3v) is 4.04. The van der Waals surface area contributed by atoms with Crippen molar-refractivity contribution in [2.24, 2.45) is 5.92 Å². The Balaban J connectivity index is 2.00. The fraction of sp³-hybridized carbons (Fsp3) is 0.533. The van der Waals surface area contributed by atoms with Crippen molar-refractivity contribution in [2.75, 3.05) is 20.2 Å². The first-order chi connectivity index (χ1) is 10.2. The van der Waals surface area contributed by atoms with E-state index in [0.29, 0.717) is 23.6 Å². The second kappa shape index (κ2) is 6.07. The summed E-state index contributed by atoms with van der Waals surface area (Å²) in [5.41, 5.74) is 1.12. The standard InChI is InChI=1S/C15H19F2N3O/c1-21-9-15-19-13-6-11(16)12(17)7-14(13)20(15)8-10-2-4-18-5-3-10/h6-7,10,18H,2-5,8-9H2,1H3. The molecule has 2 aromatic rings. The Hall–Kier alpha value is -1.53. The van der Waals surface area contributed by atoms with E-state index in [0.717, 1.165) is 44.4 Å². The molecule has 114 valence electrons. The van der Waals surface area contributed by atoms with Gasteiger partial charge in [-0.2, -0.15) is 0 Å². The lowest BCUT2D eigenvalue weighted by molar-refractivity contribution is 0.172. The third kappa shape index (κ3) is 2.91. The third-order valence-electron chi connectivity index (χ3n) is 4.04. The summed E-state index contributed by atoms with van der Waals surface area (Å²) in [6.07, 6.45) is 2.16. The van der Waals surface area contributed by atoms with Crippen LogP contribution in [-0.2, 0) is 17.9 Å². The number of hydrogen-bond donors (Lipinski definition) is 1. The summed E-state index contributed by atoms with van der Waals surface area (Å²) in [5.74, 6) is -0.459. The van der Waals surface area contributed by atoms with Crippen LogP contribution in [0.2, 0.25) is 0 Å². The van der Waals surface area contributed by atoms with Crippen molar-refractivity contribution in [1.29, 1.82) is 0 Å². The lowest BCUT2D eigenvalue weighted by Gasteiger charge is -2.24. The van der Waals surface area contributed by atoms with Gasteiger partial charge in [0.2, 0.25) is 0 Å². The smallest absolute Gasteiger partial charge is 0.161 e. The number of hydrogen-bond acceptors (Lipinski definition) is 3. The number of imidazole rings is 1. The van der Waals surface area contributed by atoms with E-state index in [9.17, 15) is 8.78 Å². The molecule has 0 unspecified atom stereocenters. The fourth-order valence-electron chi connectivity index (χ4n) is 2.94. The molecule has 1 aromatic carbocycles. The van der Waals surface area contributed by atoms with E-state index < -0.39 is 11.6 Å². The van der Waals surface area contributed by atoms with Crippen molar-refractivity contribution < 1.29 is 13.5 Å². The lowest BCUT2D eigenvalue weighted by Crippen LogP contribution is -2.30. The van der Waals surface area contributed by atoms with Gasteiger partial charge in [-0.3, -0.25) is 0 Å². The van der Waals surface area contributed by atoms with Gasteiger partial charge in [0.15, 0.2) is 11.6 Å². The molecule has 0 bridgehead atoms. The minimum atomic E-state index is -0.863. The Labute approximate surface area is 122 Å². The molecule has 1 fully saturated rings. The van der Waals surface area contributed by atoms with Crippen LogP contribution in [0.4, 0.5) is 8.78 Å². The predicted octanol–water partition coefficient (Wildman–Crippen LogP) is 2.46. The number of aromatic nitrogens is 2. The Bertz CT molecular complexity index is 635. The highest BCUT2D eigenvalue weighted by atomic mass is 19.2. The van der Waals surface area contributed by atoms with Crippen LogP contribution in [0.25, 0.3) is 11.0 Å². The summed E-state index contributed by atoms with van der Waals surface area (Å²) in [7, 11) is 1.59. The number of nitrogens with one attached hydrogen (secondary N) is 1. The molecule has 1 aromatic heterocycles. The van der Waals surface area contributed by atoms with E-state index in [2.05, 4.69) is 10.3 Å². The van der Waals surface area contributed by atoms with E-state index >= 15 is 0 Å². The quantitative estimate of drug-likeness (QED) is 0.942. The number of rotatable bonds is 4. The minimum absolute atomic E-state index is 0.336. The van der Waals surface area contributed by atoms with Crippen LogP contribution in [0.5, 0.6) is 0 Å². The molecule has 1 N–H and O–H groups in total. The van der Waals surface area contributed by atoms with Crippen LogP contribution >= 0.6 is 0 Å². The highest BCUT2D eigenvalue weighted by Crippen LogP contribution is 2.24. The van der Waals surface area contributed by atoms with Crippen LogP contribution < -0.4 is 5.32 Å². The SMILES string of the molecule is COCc1nc2cc(F)c(F)cc2n1CC1CCNCC1. The molecule has 0 spiro atoms. The lowest BCUT2D eigenvalue weighted by atomic mass is 9.98. The topological polar surface area (TPSA) is 39.1 Å². The molecule has 0 aliphatic carbocycles. The Morgan fingerprint density at radius 2 is 2.00 bits per heavy atom. The zero-order valence-corrected chi connectivity index (χ0v) is 12.0. The molecule has 2 heterocycles. The second-order valence-corrected chi connectivity index (χ2v) is 5.52. The van der Waals surface area contributed by atoms with Crippen molar-refractivity contribution >= 4 is 11.0 Å². The van der Waals surface area contributed by atoms with E-state index in [1.807, 2.05) is 4.57 Å². The van der Waals surface area contributed by atoms with Gasteiger partial charge in [-0.1, -0.05) is 0 Å². The Kier molecular flexibility index (Phi) is 4.17. The van der Waals surface area contributed by atoms with Crippen molar-refractivity contribution in [3.8, 4) is 0 Å². The molecule has 0 saturated carbocycles. The number of fused-ring (bicyclic) bond motifs is 1. The van der Waals surface area contributed by atoms with Crippen LogP contribution in [0.1, 0.15) is 18.7 Å². The summed E-state index contributed by atoms with van der Waals surface area (Å²) >= 11 is 0. The van der Waals surface area contributed by atoms with Gasteiger partial charge < -0.3 is 14.6 Å². The first kappa shape index (κ1) is 14.4. The van der Waals surface area contributed by atoms with Gasteiger partial charge in [0.1, 0.15) is 12.4 Å². The average Bonchev–Trinajstić information content (AvgIpc) is 2.79. The molecule has 21 heavy (non-hydrogen) atoms. The summed E-state index contributed by atoms with van der Waals surface area (Å²) in [5, 5.41) is 3.33. The summed E-state index contributed by atoms with van der Waals surface area (Å²) in [6.45, 7) is 3.10. The molecular formula is C15H19F2N3O. The first-order valence-electron chi connectivity index (χ1n) is 7.23. The van der Waals surface area contributed by atoms with Crippen molar-refractivity contribution in [2.45, 2.75) is 26.0 Å². The van der Waals surface area contributed by atoms with Gasteiger partial charge in [0.05, 0.1) is 11.0 Å². The zero-order valence-electron chi connectivity index (χ0n) is 12.0. The van der Waals surface area contributed by atoms with Crippen molar-refractivity contribution in [3.05, 3.63) is 29.6 Å². The number of piperidine rings is 1. The summed E-state index contributed by atoms with van der Waals surface area (Å²) in [6, 6.07) is 2.39. The average molecular weight is 295 g/mol. The fourth-order valence-corrected chi connectivity index (χ4v) is 2.94. The van der Waals surface area contributed by atoms with E-state index in [1.165, 1.54) is 6.07 Å². The molecule has 0 radical (unpaired) electrons. The van der Waals surface area contributed by atoms with Crippen molar-refractivity contribution in [1.82, 2.24) is 14.9 Å². The first-order valence-corrected chi connectivity index (χ1v) is 7.23. The largest absolute Gasteiger partial charge is 0.377 e. The maximum atomic E-state index is 13.5. The number of halogens is 2. The minimum Gasteiger partial charge on any atom is -0.377 e. The van der Waals surface area contributed by atoms with Crippen LogP contribution in [0.15, 0.2) is 12.1 Å². The van der Waals surface area contributed by atoms with E-state index in [-0.39, 0.29) is 0 Å². The highest BCUT2D eigenvalue weighted by molar-refractivity contribution is 5.76. The zero-order chi connectivity index (χ0) is 14.8. The van der Waals surface area contributed by atoms with Crippen LogP contribution in [0, 0.1) is 17.6 Å². The molecule has 3 rings (SSSR count). The van der Waals surface area contributed by atoms with Crippen LogP contribution in [-0.4, -0.2) is 29.8 Å². The molecule has 1 saturated heterocycles. The molecule has 1 aliphatic rings. The van der Waals surface area contributed by atoms with Gasteiger partial charge in [-0.25, -0.2) is 13.8 Å². The molecular weight excluding hydrogens is 276 g/mol. The van der Waals surface area contributed by atoms with Gasteiger partial charge in [0.25, 0.3) is 0 Å². The van der Waals surface area contributed by atoms with Gasteiger partial charge in [0, 0.05) is 25.8 Å². The maximum absolute atomic E-state index is 13.5. The molecule has 6 heteroatoms. The summed E-state index contributed by atoms with van der Waals surface area (Å²) in [4.78, 5) is 4.39. The molecule has 1 aliphatic heterocycles. The van der Waals surface area contributed by atoms with Crippen molar-refractivity contribution in [3.63, 3.8) is 0 Å². The van der Waals surface area contributed by atoms with E-state index in [4.69, 9.17) is 4.74 Å². The normalized spacial score (nSPS) is 16.7. The second-order valence-electron chi connectivity index (χ2n) is 5.52. The highest BCUT2D eigenvalue weighted by Gasteiger charge is 2.19. The number of nitrogens with zero attached hydrogens (tertiary/aromatic N) is 2. The maximum Gasteiger partial charge on any atom is 0.161 e. The Morgan fingerprint density at radius 1 is 1.29 bits per heavy atom. The predicted molar refractivity (Wildman–Crippen MR) is 76.0 cm³/mol. The summed E-state index contributed by atoms with van der Waals surface area (Å²) < 4.78 is 34.0. The number of benzene rings is 1. The number of methoxy groups -OCH3 is 1. The van der Waals surface area contributed by atoms with Gasteiger partial charge in [-0.15, -0.1) is 0 Å². The molecule has 0 atom stereocenters. The molecule has 0 amide bonds. The van der Waals surface area contributed by atoms with Gasteiger partial charge in [-0.05, 0) is 31.8 Å². The number of ether oxygens (including phenoxy) is 1. The monoisotopic (exact) mass is 295 g/mol. The Morgan fingerprint density at radius 3 is 2.71 bits per heavy atom. The van der Waals surface area contributed by atoms with Gasteiger partial charge >= 0.3 is 0 Å². The van der Waals surface area contributed by atoms with Crippen LogP contribution in [0.3, 0.4) is 0 Å².